The van der Waals surface area contributed by atoms with Crippen LogP contribution in [-0.4, -0.2) is 24.1 Å². The Morgan fingerprint density at radius 3 is 2.61 bits per heavy atom. The molecule has 1 aromatic carbocycles. The van der Waals surface area contributed by atoms with E-state index in [1.54, 1.807) is 14.0 Å². The van der Waals surface area contributed by atoms with Gasteiger partial charge in [0.1, 0.15) is 17.1 Å². The lowest BCUT2D eigenvalue weighted by Crippen LogP contribution is -2.22. The van der Waals surface area contributed by atoms with Crippen LogP contribution < -0.4 is 10.1 Å². The number of carboxylic acid groups (broad SMARTS) is 1. The first-order chi connectivity index (χ1) is 11.0. The molecular weight excluding hydrogens is 298 g/mol. The van der Waals surface area contributed by atoms with Crippen LogP contribution in [0.4, 0.5) is 0 Å². The molecule has 0 unspecified atom stereocenters. The van der Waals surface area contributed by atoms with Crippen LogP contribution in [0.2, 0.25) is 0 Å². The number of carbonyl (C=O) groups is 2. The van der Waals surface area contributed by atoms with Gasteiger partial charge in [-0.25, -0.2) is 4.79 Å². The van der Waals surface area contributed by atoms with Gasteiger partial charge in [-0.1, -0.05) is 19.1 Å². The lowest BCUT2D eigenvalue weighted by atomic mass is 10.1. The fourth-order valence-electron chi connectivity index (χ4n) is 2.23. The summed E-state index contributed by atoms with van der Waals surface area (Å²) in [5, 5.41) is 11.8. The van der Waals surface area contributed by atoms with Gasteiger partial charge in [0.05, 0.1) is 7.11 Å². The average molecular weight is 317 g/mol. The van der Waals surface area contributed by atoms with Crippen molar-refractivity contribution in [3.8, 4) is 5.75 Å². The number of rotatable bonds is 6. The summed E-state index contributed by atoms with van der Waals surface area (Å²) in [4.78, 5) is 23.2. The van der Waals surface area contributed by atoms with Crippen LogP contribution in [0.3, 0.4) is 0 Å². The number of hydrogen-bond acceptors (Lipinski definition) is 4. The molecule has 0 aliphatic heterocycles. The third-order valence-electron chi connectivity index (χ3n) is 3.51. The molecule has 1 aromatic heterocycles. The van der Waals surface area contributed by atoms with Gasteiger partial charge in [-0.2, -0.15) is 0 Å². The second-order valence-corrected chi connectivity index (χ2v) is 5.09. The van der Waals surface area contributed by atoms with E-state index in [1.165, 1.54) is 6.07 Å². The minimum atomic E-state index is -1.10. The van der Waals surface area contributed by atoms with Gasteiger partial charge in [-0.05, 0) is 24.1 Å². The highest BCUT2D eigenvalue weighted by atomic mass is 16.5. The third kappa shape index (κ3) is 3.71. The Kier molecular flexibility index (Phi) is 5.05. The number of aromatic carboxylic acids is 1. The molecule has 0 saturated carbocycles. The molecule has 1 heterocycles. The molecule has 0 bridgehead atoms. The molecule has 23 heavy (non-hydrogen) atoms. The normalized spacial score (nSPS) is 10.4. The Labute approximate surface area is 134 Å². The van der Waals surface area contributed by atoms with Gasteiger partial charge >= 0.3 is 5.97 Å². The van der Waals surface area contributed by atoms with Crippen LogP contribution in [0, 0.1) is 6.92 Å². The first-order valence-corrected chi connectivity index (χ1v) is 7.24. The van der Waals surface area contributed by atoms with Crippen molar-refractivity contribution in [2.24, 2.45) is 0 Å². The quantitative estimate of drug-likeness (QED) is 0.855. The summed E-state index contributed by atoms with van der Waals surface area (Å²) in [6, 6.07) is 6.90. The third-order valence-corrected chi connectivity index (χ3v) is 3.51. The molecule has 0 saturated heterocycles. The number of aryl methyl sites for hydroxylation is 2. The van der Waals surface area contributed by atoms with Gasteiger partial charge in [0.25, 0.3) is 5.91 Å². The Hall–Kier alpha value is -2.76. The van der Waals surface area contributed by atoms with Crippen molar-refractivity contribution in [2.45, 2.75) is 26.8 Å². The summed E-state index contributed by atoms with van der Waals surface area (Å²) in [7, 11) is 1.59. The largest absolute Gasteiger partial charge is 0.496 e. The second-order valence-electron chi connectivity index (χ2n) is 5.09. The highest BCUT2D eigenvalue weighted by Gasteiger charge is 2.19. The molecule has 0 aliphatic rings. The number of methoxy groups -OCH3 is 1. The molecule has 6 nitrogen and oxygen atoms in total. The molecule has 0 fully saturated rings. The van der Waals surface area contributed by atoms with Crippen LogP contribution in [0.15, 0.2) is 28.7 Å². The fraction of sp³-hybridized carbons (Fsp3) is 0.294. The lowest BCUT2D eigenvalue weighted by Gasteiger charge is -2.08. The minimum Gasteiger partial charge on any atom is -0.496 e. The number of benzene rings is 1. The smallest absolute Gasteiger partial charge is 0.339 e. The molecule has 6 heteroatoms. The molecule has 1 amide bonds. The predicted molar refractivity (Wildman–Crippen MR) is 83.9 cm³/mol. The summed E-state index contributed by atoms with van der Waals surface area (Å²) in [6.45, 7) is 4.00. The van der Waals surface area contributed by atoms with E-state index in [4.69, 9.17) is 14.3 Å². The van der Waals surface area contributed by atoms with Crippen molar-refractivity contribution in [1.29, 1.82) is 0 Å². The maximum absolute atomic E-state index is 12.1. The van der Waals surface area contributed by atoms with E-state index in [0.717, 1.165) is 16.9 Å². The van der Waals surface area contributed by atoms with E-state index < -0.39 is 11.9 Å². The second kappa shape index (κ2) is 7.00. The van der Waals surface area contributed by atoms with Gasteiger partial charge in [-0.15, -0.1) is 0 Å². The Balaban J connectivity index is 2.09. The highest BCUT2D eigenvalue weighted by molar-refractivity contribution is 5.96. The lowest BCUT2D eigenvalue weighted by molar-refractivity contribution is 0.0694. The van der Waals surface area contributed by atoms with Crippen LogP contribution >= 0.6 is 0 Å². The number of furan rings is 1. The summed E-state index contributed by atoms with van der Waals surface area (Å²) in [5.74, 6) is -0.520. The molecule has 0 aliphatic carbocycles. The number of nitrogens with one attached hydrogen (secondary N) is 1. The molecule has 2 rings (SSSR count). The summed E-state index contributed by atoms with van der Waals surface area (Å²) < 4.78 is 10.6. The number of ether oxygens (including phenoxy) is 1. The van der Waals surface area contributed by atoms with Crippen molar-refractivity contribution >= 4 is 11.9 Å². The van der Waals surface area contributed by atoms with Crippen molar-refractivity contribution in [1.82, 2.24) is 5.32 Å². The van der Waals surface area contributed by atoms with E-state index in [-0.39, 0.29) is 11.3 Å². The number of carbonyl (C=O) groups excluding carboxylic acids is 1. The standard InChI is InChI=1S/C17H19NO5/c1-4-13-12(17(20)21)8-15(23-13)16(19)18-9-11-6-5-10(2)14(7-11)22-3/h5-8H,4,9H2,1-3H3,(H,18,19)(H,20,21). The minimum absolute atomic E-state index is 0.00155. The topological polar surface area (TPSA) is 88.8 Å². The van der Waals surface area contributed by atoms with Gasteiger partial charge in [0.15, 0.2) is 5.76 Å². The van der Waals surface area contributed by atoms with E-state index in [1.807, 2.05) is 25.1 Å². The van der Waals surface area contributed by atoms with Crippen molar-refractivity contribution in [3.63, 3.8) is 0 Å². The molecule has 122 valence electrons. The van der Waals surface area contributed by atoms with Gasteiger partial charge in [-0.3, -0.25) is 4.79 Å². The zero-order valence-corrected chi connectivity index (χ0v) is 13.3. The zero-order valence-electron chi connectivity index (χ0n) is 13.3. The molecule has 0 atom stereocenters. The first-order valence-electron chi connectivity index (χ1n) is 7.24. The van der Waals surface area contributed by atoms with Crippen LogP contribution in [0.25, 0.3) is 0 Å². The summed E-state index contributed by atoms with van der Waals surface area (Å²) >= 11 is 0. The van der Waals surface area contributed by atoms with Gasteiger partial charge < -0.3 is 19.6 Å². The fourth-order valence-corrected chi connectivity index (χ4v) is 2.23. The van der Waals surface area contributed by atoms with Crippen LogP contribution in [0.5, 0.6) is 5.75 Å². The first kappa shape index (κ1) is 16.6. The summed E-state index contributed by atoms with van der Waals surface area (Å²) in [6.07, 6.45) is 0.407. The summed E-state index contributed by atoms with van der Waals surface area (Å²) in [5.41, 5.74) is 1.91. The number of hydrogen-bond donors (Lipinski definition) is 2. The Bertz CT molecular complexity index is 733. The van der Waals surface area contributed by atoms with Crippen molar-refractivity contribution in [3.05, 3.63) is 52.5 Å². The molecule has 2 aromatic rings. The van der Waals surface area contributed by atoms with Gasteiger partial charge in [0, 0.05) is 19.0 Å². The molecule has 0 radical (unpaired) electrons. The monoisotopic (exact) mass is 317 g/mol. The Morgan fingerprint density at radius 1 is 1.30 bits per heavy atom. The highest BCUT2D eigenvalue weighted by Crippen LogP contribution is 2.19. The maximum atomic E-state index is 12.1. The maximum Gasteiger partial charge on any atom is 0.339 e. The Morgan fingerprint density at radius 2 is 2.04 bits per heavy atom. The molecular formula is C17H19NO5. The van der Waals surface area contributed by atoms with Crippen molar-refractivity contribution in [2.75, 3.05) is 7.11 Å². The van der Waals surface area contributed by atoms with E-state index in [0.29, 0.717) is 18.7 Å². The molecule has 2 N–H and O–H groups in total. The van der Waals surface area contributed by atoms with Crippen LogP contribution in [-0.2, 0) is 13.0 Å². The van der Waals surface area contributed by atoms with Gasteiger partial charge in [0.2, 0.25) is 0 Å². The molecule has 0 spiro atoms. The average Bonchev–Trinajstić information content (AvgIpc) is 2.98. The SMILES string of the molecule is CCc1oc(C(=O)NCc2ccc(C)c(OC)c2)cc1C(=O)O. The van der Waals surface area contributed by atoms with Crippen molar-refractivity contribution < 1.29 is 23.8 Å². The van der Waals surface area contributed by atoms with Crippen LogP contribution in [0.1, 0.15) is 44.7 Å². The van der Waals surface area contributed by atoms with E-state index >= 15 is 0 Å². The number of amides is 1. The zero-order chi connectivity index (χ0) is 17.0. The van der Waals surface area contributed by atoms with E-state index in [2.05, 4.69) is 5.32 Å². The number of carboxylic acids is 1. The van der Waals surface area contributed by atoms with E-state index in [9.17, 15) is 9.59 Å². The predicted octanol–water partition coefficient (Wildman–Crippen LogP) is 2.79.